The smallest absolute Gasteiger partial charge is 0.259 e. The Labute approximate surface area is 82.1 Å². The van der Waals surface area contributed by atoms with Gasteiger partial charge in [-0.2, -0.15) is 13.2 Å². The molecule has 0 aromatic carbocycles. The quantitative estimate of drug-likeness (QED) is 0.747. The molecule has 0 aliphatic heterocycles. The van der Waals surface area contributed by atoms with Gasteiger partial charge in [0, 0.05) is 10.7 Å². The second-order valence-electron chi connectivity index (χ2n) is 2.63. The van der Waals surface area contributed by atoms with E-state index in [0.29, 0.717) is 4.47 Å². The van der Waals surface area contributed by atoms with E-state index in [-0.39, 0.29) is 5.69 Å². The lowest BCUT2D eigenvalue weighted by atomic mass is 10.1. The van der Waals surface area contributed by atoms with Crippen molar-refractivity contribution in [3.63, 3.8) is 0 Å². The second kappa shape index (κ2) is 3.65. The molecule has 1 atom stereocenters. The summed E-state index contributed by atoms with van der Waals surface area (Å²) in [6.07, 6.45) is -2.89. The van der Waals surface area contributed by atoms with E-state index in [4.69, 9.17) is 0 Å². The van der Waals surface area contributed by atoms with Crippen molar-refractivity contribution in [3.8, 4) is 0 Å². The molecule has 1 nitrogen and oxygen atoms in total. The summed E-state index contributed by atoms with van der Waals surface area (Å²) in [5.74, 6) is -1.54. The van der Waals surface area contributed by atoms with Crippen molar-refractivity contribution in [1.82, 2.24) is 4.98 Å². The molecule has 0 N–H and O–H groups in total. The molecule has 0 amide bonds. The maximum Gasteiger partial charge on any atom is 0.397 e. The van der Waals surface area contributed by atoms with Crippen LogP contribution in [0.4, 0.5) is 13.2 Å². The molecule has 0 fully saturated rings. The minimum Gasteiger partial charge on any atom is -0.259 e. The lowest BCUT2D eigenvalue weighted by Crippen LogP contribution is -2.19. The molecule has 0 saturated carbocycles. The summed E-state index contributed by atoms with van der Waals surface area (Å²) < 4.78 is 37.2. The number of halogens is 4. The van der Waals surface area contributed by atoms with E-state index in [1.54, 1.807) is 12.1 Å². The highest BCUT2D eigenvalue weighted by atomic mass is 79.9. The van der Waals surface area contributed by atoms with E-state index in [0.717, 1.165) is 6.92 Å². The van der Waals surface area contributed by atoms with E-state index in [1.165, 1.54) is 6.20 Å². The minimum atomic E-state index is -4.24. The van der Waals surface area contributed by atoms with Crippen LogP contribution in [0.2, 0.25) is 0 Å². The van der Waals surface area contributed by atoms with Gasteiger partial charge in [0.1, 0.15) is 0 Å². The van der Waals surface area contributed by atoms with Crippen LogP contribution >= 0.6 is 15.9 Å². The van der Waals surface area contributed by atoms with Crippen LogP contribution < -0.4 is 0 Å². The van der Waals surface area contributed by atoms with Crippen LogP contribution in [0.1, 0.15) is 18.5 Å². The first-order valence-electron chi connectivity index (χ1n) is 3.60. The van der Waals surface area contributed by atoms with Gasteiger partial charge >= 0.3 is 6.18 Å². The van der Waals surface area contributed by atoms with Gasteiger partial charge in [-0.3, -0.25) is 4.98 Å². The van der Waals surface area contributed by atoms with Gasteiger partial charge < -0.3 is 0 Å². The first-order chi connectivity index (χ1) is 5.93. The second-order valence-corrected chi connectivity index (χ2v) is 3.49. The van der Waals surface area contributed by atoms with Crippen LogP contribution in [-0.4, -0.2) is 11.2 Å². The van der Waals surface area contributed by atoms with Crippen LogP contribution in [0, 0.1) is 0 Å². The van der Waals surface area contributed by atoms with Crippen molar-refractivity contribution in [3.05, 3.63) is 28.5 Å². The largest absolute Gasteiger partial charge is 0.397 e. The summed E-state index contributed by atoms with van der Waals surface area (Å²) in [6, 6.07) is 3.13. The molecule has 1 aromatic rings. The first kappa shape index (κ1) is 10.5. The molecule has 1 unspecified atom stereocenters. The van der Waals surface area contributed by atoms with Crippen molar-refractivity contribution in [2.75, 3.05) is 0 Å². The van der Waals surface area contributed by atoms with E-state index < -0.39 is 12.1 Å². The van der Waals surface area contributed by atoms with Gasteiger partial charge in [0.2, 0.25) is 0 Å². The van der Waals surface area contributed by atoms with Gasteiger partial charge in [-0.1, -0.05) is 0 Å². The summed E-state index contributed by atoms with van der Waals surface area (Å²) in [4.78, 5) is 3.68. The Morgan fingerprint density at radius 1 is 1.46 bits per heavy atom. The Bertz CT molecular complexity index is 298. The molecule has 0 bridgehead atoms. The molecule has 1 aromatic heterocycles. The fraction of sp³-hybridized carbons (Fsp3) is 0.375. The normalized spacial score (nSPS) is 14.2. The molecule has 72 valence electrons. The average Bonchev–Trinajstić information content (AvgIpc) is 2.02. The van der Waals surface area contributed by atoms with E-state index in [9.17, 15) is 13.2 Å². The van der Waals surface area contributed by atoms with Crippen LogP contribution in [0.15, 0.2) is 22.8 Å². The highest BCUT2D eigenvalue weighted by Gasteiger charge is 2.38. The minimum absolute atomic E-state index is 0.0231. The van der Waals surface area contributed by atoms with Crippen molar-refractivity contribution >= 4 is 15.9 Å². The fourth-order valence-corrected chi connectivity index (χ4v) is 1.47. The molecule has 0 aliphatic rings. The Balaban J connectivity index is 3.02. The number of aromatic nitrogens is 1. The maximum absolute atomic E-state index is 12.3. The Kier molecular flexibility index (Phi) is 2.95. The van der Waals surface area contributed by atoms with Gasteiger partial charge in [-0.15, -0.1) is 0 Å². The maximum atomic E-state index is 12.3. The number of hydrogen-bond donors (Lipinski definition) is 0. The molecule has 5 heteroatoms. The zero-order chi connectivity index (χ0) is 10.1. The third-order valence-electron chi connectivity index (χ3n) is 1.69. The van der Waals surface area contributed by atoms with Gasteiger partial charge in [-0.25, -0.2) is 0 Å². The molecule has 0 aliphatic carbocycles. The highest BCUT2D eigenvalue weighted by Crippen LogP contribution is 2.35. The van der Waals surface area contributed by atoms with E-state index >= 15 is 0 Å². The van der Waals surface area contributed by atoms with Crippen LogP contribution in [0.25, 0.3) is 0 Å². The summed E-state index contributed by atoms with van der Waals surface area (Å²) in [6.45, 7) is 1.09. The third kappa shape index (κ3) is 2.43. The van der Waals surface area contributed by atoms with Crippen LogP contribution in [0.5, 0.6) is 0 Å². The number of nitrogens with zero attached hydrogens (tertiary/aromatic N) is 1. The Morgan fingerprint density at radius 2 is 2.08 bits per heavy atom. The predicted octanol–water partition coefficient (Wildman–Crippen LogP) is 3.51. The highest BCUT2D eigenvalue weighted by molar-refractivity contribution is 9.10. The summed E-state index contributed by atoms with van der Waals surface area (Å²) in [5, 5.41) is 0. The summed E-state index contributed by atoms with van der Waals surface area (Å²) in [7, 11) is 0. The average molecular weight is 254 g/mol. The van der Waals surface area contributed by atoms with Crippen molar-refractivity contribution in [2.45, 2.75) is 19.0 Å². The molecule has 0 saturated heterocycles. The molecule has 1 heterocycles. The lowest BCUT2D eigenvalue weighted by Gasteiger charge is -2.15. The van der Waals surface area contributed by atoms with Gasteiger partial charge in [0.05, 0.1) is 11.6 Å². The zero-order valence-electron chi connectivity index (χ0n) is 6.77. The molecule has 0 radical (unpaired) electrons. The number of pyridine rings is 1. The summed E-state index contributed by atoms with van der Waals surface area (Å²) >= 11 is 3.03. The zero-order valence-corrected chi connectivity index (χ0v) is 8.35. The molecule has 13 heavy (non-hydrogen) atoms. The first-order valence-corrected chi connectivity index (χ1v) is 4.39. The Morgan fingerprint density at radius 3 is 2.54 bits per heavy atom. The number of rotatable bonds is 1. The Hall–Kier alpha value is -0.580. The van der Waals surface area contributed by atoms with Gasteiger partial charge in [0.15, 0.2) is 0 Å². The van der Waals surface area contributed by atoms with Crippen LogP contribution in [0.3, 0.4) is 0 Å². The van der Waals surface area contributed by atoms with E-state index in [1.807, 2.05) is 0 Å². The number of alkyl halides is 3. The topological polar surface area (TPSA) is 12.9 Å². The van der Waals surface area contributed by atoms with Crippen molar-refractivity contribution in [2.24, 2.45) is 0 Å². The molecular formula is C8H7BrF3N. The fourth-order valence-electron chi connectivity index (χ4n) is 0.872. The van der Waals surface area contributed by atoms with Crippen LogP contribution in [-0.2, 0) is 0 Å². The molecule has 0 spiro atoms. The molecular weight excluding hydrogens is 247 g/mol. The predicted molar refractivity (Wildman–Crippen MR) is 46.4 cm³/mol. The standard InChI is InChI=1S/C8H7BrF3N/c1-5(8(10,11)12)7-6(9)3-2-4-13-7/h2-5H,1H3. The lowest BCUT2D eigenvalue weighted by molar-refractivity contribution is -0.147. The van der Waals surface area contributed by atoms with Crippen molar-refractivity contribution < 1.29 is 13.2 Å². The SMILES string of the molecule is CC(c1ncccc1Br)C(F)(F)F. The van der Waals surface area contributed by atoms with Gasteiger partial charge in [-0.05, 0) is 35.0 Å². The van der Waals surface area contributed by atoms with Gasteiger partial charge in [0.25, 0.3) is 0 Å². The summed E-state index contributed by atoms with van der Waals surface area (Å²) in [5.41, 5.74) is 0.0231. The van der Waals surface area contributed by atoms with E-state index in [2.05, 4.69) is 20.9 Å². The monoisotopic (exact) mass is 253 g/mol. The molecule has 1 rings (SSSR count). The number of hydrogen-bond acceptors (Lipinski definition) is 1. The van der Waals surface area contributed by atoms with Crippen molar-refractivity contribution in [1.29, 1.82) is 0 Å². The third-order valence-corrected chi connectivity index (χ3v) is 2.36.